The topological polar surface area (TPSA) is 69.0 Å². The Morgan fingerprint density at radius 2 is 2.04 bits per heavy atom. The van der Waals surface area contributed by atoms with Crippen LogP contribution in [-0.2, 0) is 16.0 Å². The molecule has 2 aliphatic heterocycles. The van der Waals surface area contributed by atoms with Gasteiger partial charge in [-0.2, -0.15) is 5.10 Å². The molecule has 1 amide bonds. The predicted octanol–water partition coefficient (Wildman–Crippen LogP) is 2.64. The number of carbonyl (C=O) groups is 1. The smallest absolute Gasteiger partial charge is 0.249 e. The lowest BCUT2D eigenvalue weighted by Crippen LogP contribution is -2.44. The highest BCUT2D eigenvalue weighted by atomic mass is 16.5. The molecule has 2 aromatic heterocycles. The molecule has 0 N–H and O–H groups in total. The van der Waals surface area contributed by atoms with E-state index in [1.54, 1.807) is 14.2 Å². The number of rotatable bonds is 4. The van der Waals surface area contributed by atoms with Crippen LogP contribution in [0.15, 0.2) is 36.5 Å². The summed E-state index contributed by atoms with van der Waals surface area (Å²) in [4.78, 5) is 19.2. The third-order valence-corrected chi connectivity index (χ3v) is 5.85. The maximum Gasteiger partial charge on any atom is 0.249 e. The van der Waals surface area contributed by atoms with Gasteiger partial charge in [0.05, 0.1) is 24.5 Å². The maximum atomic E-state index is 12.5. The van der Waals surface area contributed by atoms with E-state index in [2.05, 4.69) is 4.98 Å². The van der Waals surface area contributed by atoms with Crippen LogP contribution in [0.4, 0.5) is 0 Å². The van der Waals surface area contributed by atoms with E-state index in [1.807, 2.05) is 45.9 Å². The molecule has 0 saturated carbocycles. The standard InChI is InChI=1S/C21H22N4O3/c1-27-12-21(26)24-14-5-8-18(24)16-11-22-20-10-17(23-25(20)19(16)9-14)13-3-6-15(28-2)7-4-13/h3-4,6-7,10-11,14,18H,5,8-9,12H2,1-2H3. The van der Waals surface area contributed by atoms with Crippen molar-refractivity contribution in [1.82, 2.24) is 19.5 Å². The van der Waals surface area contributed by atoms with Gasteiger partial charge in [-0.1, -0.05) is 0 Å². The first-order chi connectivity index (χ1) is 13.7. The van der Waals surface area contributed by atoms with Gasteiger partial charge in [-0.25, -0.2) is 9.50 Å². The lowest BCUT2D eigenvalue weighted by molar-refractivity contribution is -0.138. The molecule has 4 heterocycles. The molecule has 0 aliphatic carbocycles. The molecule has 2 atom stereocenters. The highest BCUT2D eigenvalue weighted by Gasteiger charge is 2.43. The second-order valence-corrected chi connectivity index (χ2v) is 7.37. The Balaban J connectivity index is 1.55. The van der Waals surface area contributed by atoms with Crippen molar-refractivity contribution in [2.75, 3.05) is 20.8 Å². The number of nitrogens with zero attached hydrogens (tertiary/aromatic N) is 4. The summed E-state index contributed by atoms with van der Waals surface area (Å²) < 4.78 is 12.3. The molecule has 1 saturated heterocycles. The second kappa shape index (κ2) is 6.60. The van der Waals surface area contributed by atoms with Crippen LogP contribution in [0.5, 0.6) is 5.75 Å². The number of hydrogen-bond acceptors (Lipinski definition) is 5. The van der Waals surface area contributed by atoms with Gasteiger partial charge in [0.2, 0.25) is 5.91 Å². The normalized spacial score (nSPS) is 20.4. The fourth-order valence-electron chi connectivity index (χ4n) is 4.57. The van der Waals surface area contributed by atoms with E-state index >= 15 is 0 Å². The van der Waals surface area contributed by atoms with E-state index in [4.69, 9.17) is 14.6 Å². The zero-order valence-corrected chi connectivity index (χ0v) is 16.0. The Kier molecular flexibility index (Phi) is 4.05. The Morgan fingerprint density at radius 1 is 1.21 bits per heavy atom. The monoisotopic (exact) mass is 378 g/mol. The van der Waals surface area contributed by atoms with Crippen molar-refractivity contribution in [1.29, 1.82) is 0 Å². The molecule has 7 nitrogen and oxygen atoms in total. The predicted molar refractivity (Wildman–Crippen MR) is 103 cm³/mol. The van der Waals surface area contributed by atoms with E-state index in [1.165, 1.54) is 5.69 Å². The highest BCUT2D eigenvalue weighted by molar-refractivity contribution is 5.79. The highest BCUT2D eigenvalue weighted by Crippen LogP contribution is 2.43. The molecule has 1 aromatic carbocycles. The second-order valence-electron chi connectivity index (χ2n) is 7.37. The van der Waals surface area contributed by atoms with Gasteiger partial charge < -0.3 is 14.4 Å². The van der Waals surface area contributed by atoms with Gasteiger partial charge in [0, 0.05) is 43.0 Å². The number of aromatic nitrogens is 3. The number of amides is 1. The molecule has 2 bridgehead atoms. The largest absolute Gasteiger partial charge is 0.497 e. The molecule has 2 aliphatic rings. The van der Waals surface area contributed by atoms with Gasteiger partial charge in [-0.3, -0.25) is 4.79 Å². The van der Waals surface area contributed by atoms with Crippen LogP contribution in [-0.4, -0.2) is 52.3 Å². The molecule has 5 rings (SSSR count). The van der Waals surface area contributed by atoms with Gasteiger partial charge in [0.15, 0.2) is 5.65 Å². The fraction of sp³-hybridized carbons (Fsp3) is 0.381. The minimum Gasteiger partial charge on any atom is -0.497 e. The van der Waals surface area contributed by atoms with Crippen molar-refractivity contribution in [3.63, 3.8) is 0 Å². The molecule has 2 unspecified atom stereocenters. The van der Waals surface area contributed by atoms with E-state index in [0.717, 1.165) is 47.5 Å². The number of fused-ring (bicyclic) bond motifs is 6. The average Bonchev–Trinajstić information content (AvgIpc) is 3.29. The number of benzene rings is 1. The van der Waals surface area contributed by atoms with Crippen LogP contribution in [0.1, 0.15) is 30.1 Å². The van der Waals surface area contributed by atoms with Crippen molar-refractivity contribution >= 4 is 11.6 Å². The summed E-state index contributed by atoms with van der Waals surface area (Å²) in [5, 5.41) is 4.84. The quantitative estimate of drug-likeness (QED) is 0.698. The van der Waals surface area contributed by atoms with Crippen molar-refractivity contribution in [3.05, 3.63) is 47.8 Å². The zero-order valence-electron chi connectivity index (χ0n) is 16.0. The third kappa shape index (κ3) is 2.57. The first-order valence-corrected chi connectivity index (χ1v) is 9.51. The van der Waals surface area contributed by atoms with Gasteiger partial charge in [-0.05, 0) is 37.1 Å². The Labute approximate surface area is 162 Å². The van der Waals surface area contributed by atoms with Crippen LogP contribution in [0, 0.1) is 0 Å². The van der Waals surface area contributed by atoms with Crippen molar-refractivity contribution in [3.8, 4) is 17.0 Å². The Hall–Kier alpha value is -2.93. The van der Waals surface area contributed by atoms with Crippen molar-refractivity contribution < 1.29 is 14.3 Å². The van der Waals surface area contributed by atoms with Gasteiger partial charge in [0.1, 0.15) is 12.4 Å². The molecule has 0 spiro atoms. The molecule has 28 heavy (non-hydrogen) atoms. The Bertz CT molecular complexity index is 1040. The number of ether oxygens (including phenoxy) is 2. The molecule has 0 radical (unpaired) electrons. The van der Waals surface area contributed by atoms with Crippen LogP contribution in [0.3, 0.4) is 0 Å². The first kappa shape index (κ1) is 17.2. The van der Waals surface area contributed by atoms with Crippen LogP contribution in [0.25, 0.3) is 16.9 Å². The van der Waals surface area contributed by atoms with Crippen LogP contribution >= 0.6 is 0 Å². The first-order valence-electron chi connectivity index (χ1n) is 9.51. The Morgan fingerprint density at radius 3 is 2.79 bits per heavy atom. The van der Waals surface area contributed by atoms with Gasteiger partial charge in [0.25, 0.3) is 0 Å². The summed E-state index contributed by atoms with van der Waals surface area (Å²) in [7, 11) is 3.22. The van der Waals surface area contributed by atoms with Crippen LogP contribution in [0.2, 0.25) is 0 Å². The fourth-order valence-corrected chi connectivity index (χ4v) is 4.57. The lowest BCUT2D eigenvalue weighted by Gasteiger charge is -2.36. The lowest BCUT2D eigenvalue weighted by atomic mass is 9.99. The summed E-state index contributed by atoms with van der Waals surface area (Å²) >= 11 is 0. The summed E-state index contributed by atoms with van der Waals surface area (Å²) in [5.41, 5.74) is 5.01. The molecular weight excluding hydrogens is 356 g/mol. The summed E-state index contributed by atoms with van der Waals surface area (Å²) in [6, 6.07) is 10.2. The van der Waals surface area contributed by atoms with Crippen molar-refractivity contribution in [2.24, 2.45) is 0 Å². The van der Waals surface area contributed by atoms with E-state index in [-0.39, 0.29) is 24.6 Å². The number of methoxy groups -OCH3 is 2. The van der Waals surface area contributed by atoms with E-state index in [0.29, 0.717) is 0 Å². The van der Waals surface area contributed by atoms with Gasteiger partial charge in [-0.15, -0.1) is 0 Å². The summed E-state index contributed by atoms with van der Waals surface area (Å²) in [6.45, 7) is 0.126. The van der Waals surface area contributed by atoms with Crippen LogP contribution < -0.4 is 4.74 Å². The average molecular weight is 378 g/mol. The summed E-state index contributed by atoms with van der Waals surface area (Å²) in [6.07, 6.45) is 4.68. The summed E-state index contributed by atoms with van der Waals surface area (Å²) in [5.74, 6) is 0.876. The minimum atomic E-state index is 0.0557. The van der Waals surface area contributed by atoms with Crippen molar-refractivity contribution in [2.45, 2.75) is 31.3 Å². The zero-order chi connectivity index (χ0) is 19.3. The molecular formula is C21H22N4O3. The molecule has 3 aromatic rings. The number of carbonyl (C=O) groups excluding carboxylic acids is 1. The van der Waals surface area contributed by atoms with Gasteiger partial charge >= 0.3 is 0 Å². The molecule has 144 valence electrons. The molecule has 7 heteroatoms. The SMILES string of the molecule is COCC(=O)N1C2CCC1c1cnc3cc(-c4ccc(OC)cc4)nn3c1C2. The maximum absolute atomic E-state index is 12.5. The number of hydrogen-bond donors (Lipinski definition) is 0. The third-order valence-electron chi connectivity index (χ3n) is 5.85. The van der Waals surface area contributed by atoms with E-state index in [9.17, 15) is 4.79 Å². The van der Waals surface area contributed by atoms with E-state index < -0.39 is 0 Å². The molecule has 1 fully saturated rings. The minimum absolute atomic E-state index is 0.0557.